The van der Waals surface area contributed by atoms with E-state index in [-0.39, 0.29) is 12.7 Å². The highest BCUT2D eigenvalue weighted by Crippen LogP contribution is 2.08. The van der Waals surface area contributed by atoms with Crippen LogP contribution in [0.1, 0.15) is 58.8 Å². The van der Waals surface area contributed by atoms with Crippen LogP contribution in [0.5, 0.6) is 0 Å². The molecule has 2 atom stereocenters. The maximum Gasteiger partial charge on any atom is 0.0852 e. The third kappa shape index (κ3) is 9.13. The van der Waals surface area contributed by atoms with Gasteiger partial charge < -0.3 is 14.9 Å². The topological polar surface area (TPSA) is 49.7 Å². The van der Waals surface area contributed by atoms with E-state index < -0.39 is 6.10 Å². The first-order valence-corrected chi connectivity index (χ1v) is 6.62. The summed E-state index contributed by atoms with van der Waals surface area (Å²) < 4.78 is 5.54. The SMILES string of the molecule is CCCCCCCCOC(CCO)C(C)O. The molecule has 0 aliphatic heterocycles. The molecule has 3 nitrogen and oxygen atoms in total. The molecule has 0 aliphatic carbocycles. The molecule has 0 aromatic heterocycles. The monoisotopic (exact) mass is 232 g/mol. The van der Waals surface area contributed by atoms with Crippen LogP contribution in [0.2, 0.25) is 0 Å². The van der Waals surface area contributed by atoms with Gasteiger partial charge in [-0.25, -0.2) is 0 Å². The zero-order valence-electron chi connectivity index (χ0n) is 10.8. The lowest BCUT2D eigenvalue weighted by molar-refractivity contribution is -0.0413. The maximum absolute atomic E-state index is 9.38. The molecular weight excluding hydrogens is 204 g/mol. The van der Waals surface area contributed by atoms with Gasteiger partial charge >= 0.3 is 0 Å². The molecule has 3 heteroatoms. The Labute approximate surface area is 99.8 Å². The quantitative estimate of drug-likeness (QED) is 0.538. The molecule has 0 bridgehead atoms. The normalized spacial score (nSPS) is 15.0. The van der Waals surface area contributed by atoms with E-state index in [1.54, 1.807) is 6.92 Å². The average molecular weight is 232 g/mol. The van der Waals surface area contributed by atoms with Crippen LogP contribution in [-0.4, -0.2) is 35.6 Å². The molecule has 0 fully saturated rings. The average Bonchev–Trinajstić information content (AvgIpc) is 2.26. The van der Waals surface area contributed by atoms with Crippen LogP contribution in [0.25, 0.3) is 0 Å². The molecule has 0 saturated heterocycles. The fraction of sp³-hybridized carbons (Fsp3) is 1.00. The highest BCUT2D eigenvalue weighted by atomic mass is 16.5. The van der Waals surface area contributed by atoms with Gasteiger partial charge in [-0.2, -0.15) is 0 Å². The second-order valence-electron chi connectivity index (χ2n) is 4.43. The number of hydrogen-bond acceptors (Lipinski definition) is 3. The van der Waals surface area contributed by atoms with E-state index in [1.165, 1.54) is 32.1 Å². The van der Waals surface area contributed by atoms with Gasteiger partial charge in [0.1, 0.15) is 0 Å². The Kier molecular flexibility index (Phi) is 11.3. The minimum atomic E-state index is -0.493. The summed E-state index contributed by atoms with van der Waals surface area (Å²) in [6, 6.07) is 0. The van der Waals surface area contributed by atoms with E-state index in [0.29, 0.717) is 13.0 Å². The lowest BCUT2D eigenvalue weighted by atomic mass is 10.1. The Morgan fingerprint density at radius 1 is 1.06 bits per heavy atom. The summed E-state index contributed by atoms with van der Waals surface area (Å²) in [5.74, 6) is 0. The Morgan fingerprint density at radius 2 is 1.69 bits per heavy atom. The first kappa shape index (κ1) is 15.9. The lowest BCUT2D eigenvalue weighted by Crippen LogP contribution is -2.27. The number of ether oxygens (including phenoxy) is 1. The van der Waals surface area contributed by atoms with E-state index in [9.17, 15) is 5.11 Å². The van der Waals surface area contributed by atoms with Crippen LogP contribution in [-0.2, 0) is 4.74 Å². The molecule has 2 unspecified atom stereocenters. The van der Waals surface area contributed by atoms with Gasteiger partial charge in [-0.15, -0.1) is 0 Å². The van der Waals surface area contributed by atoms with E-state index in [0.717, 1.165) is 6.42 Å². The Morgan fingerprint density at radius 3 is 2.25 bits per heavy atom. The van der Waals surface area contributed by atoms with Crippen LogP contribution >= 0.6 is 0 Å². The van der Waals surface area contributed by atoms with Crippen molar-refractivity contribution in [2.45, 2.75) is 71.0 Å². The maximum atomic E-state index is 9.38. The number of unbranched alkanes of at least 4 members (excludes halogenated alkanes) is 5. The van der Waals surface area contributed by atoms with Crippen LogP contribution in [0.15, 0.2) is 0 Å². The third-order valence-corrected chi connectivity index (χ3v) is 2.78. The van der Waals surface area contributed by atoms with Gasteiger partial charge in [0.25, 0.3) is 0 Å². The largest absolute Gasteiger partial charge is 0.396 e. The van der Waals surface area contributed by atoms with Crippen molar-refractivity contribution in [3.8, 4) is 0 Å². The van der Waals surface area contributed by atoms with Gasteiger partial charge in [0, 0.05) is 13.2 Å². The van der Waals surface area contributed by atoms with Crippen molar-refractivity contribution >= 4 is 0 Å². The molecule has 0 aromatic rings. The summed E-state index contributed by atoms with van der Waals surface area (Å²) in [5, 5.41) is 18.2. The van der Waals surface area contributed by atoms with Crippen molar-refractivity contribution in [2.75, 3.05) is 13.2 Å². The Balaban J connectivity index is 3.33. The summed E-state index contributed by atoms with van der Waals surface area (Å²) in [4.78, 5) is 0. The predicted molar refractivity (Wildman–Crippen MR) is 66.5 cm³/mol. The highest BCUT2D eigenvalue weighted by molar-refractivity contribution is 4.63. The smallest absolute Gasteiger partial charge is 0.0852 e. The van der Waals surface area contributed by atoms with Crippen molar-refractivity contribution in [3.63, 3.8) is 0 Å². The summed E-state index contributed by atoms with van der Waals surface area (Å²) >= 11 is 0. The van der Waals surface area contributed by atoms with E-state index in [4.69, 9.17) is 9.84 Å². The number of hydrogen-bond donors (Lipinski definition) is 2. The molecule has 0 amide bonds. The molecule has 0 spiro atoms. The van der Waals surface area contributed by atoms with E-state index in [1.807, 2.05) is 0 Å². The summed E-state index contributed by atoms with van der Waals surface area (Å²) in [5.41, 5.74) is 0. The van der Waals surface area contributed by atoms with Crippen molar-refractivity contribution in [1.82, 2.24) is 0 Å². The molecule has 0 aliphatic rings. The molecule has 0 saturated carbocycles. The van der Waals surface area contributed by atoms with Crippen LogP contribution in [0.3, 0.4) is 0 Å². The molecule has 0 heterocycles. The molecule has 98 valence electrons. The summed E-state index contributed by atoms with van der Waals surface area (Å²) in [7, 11) is 0. The first-order valence-electron chi connectivity index (χ1n) is 6.62. The van der Waals surface area contributed by atoms with Crippen molar-refractivity contribution in [2.24, 2.45) is 0 Å². The second-order valence-corrected chi connectivity index (χ2v) is 4.43. The minimum absolute atomic E-state index is 0.0755. The fourth-order valence-electron chi connectivity index (χ4n) is 1.71. The van der Waals surface area contributed by atoms with Crippen molar-refractivity contribution in [3.05, 3.63) is 0 Å². The van der Waals surface area contributed by atoms with Gasteiger partial charge in [-0.3, -0.25) is 0 Å². The molecule has 0 rings (SSSR count). The molecule has 0 aromatic carbocycles. The minimum Gasteiger partial charge on any atom is -0.396 e. The van der Waals surface area contributed by atoms with Gasteiger partial charge in [-0.1, -0.05) is 39.0 Å². The van der Waals surface area contributed by atoms with E-state index in [2.05, 4.69) is 6.92 Å². The predicted octanol–water partition coefficient (Wildman–Crippen LogP) is 2.50. The van der Waals surface area contributed by atoms with Gasteiger partial charge in [-0.05, 0) is 19.8 Å². The van der Waals surface area contributed by atoms with Crippen LogP contribution < -0.4 is 0 Å². The second kappa shape index (κ2) is 11.4. The summed E-state index contributed by atoms with van der Waals surface area (Å²) in [6.45, 7) is 4.70. The fourth-order valence-corrected chi connectivity index (χ4v) is 1.71. The van der Waals surface area contributed by atoms with Crippen LogP contribution in [0, 0.1) is 0 Å². The molecule has 0 radical (unpaired) electrons. The zero-order valence-corrected chi connectivity index (χ0v) is 10.8. The number of aliphatic hydroxyl groups excluding tert-OH is 2. The summed E-state index contributed by atoms with van der Waals surface area (Å²) in [6.07, 6.45) is 7.26. The van der Waals surface area contributed by atoms with Crippen molar-refractivity contribution in [1.29, 1.82) is 0 Å². The van der Waals surface area contributed by atoms with Gasteiger partial charge in [0.05, 0.1) is 12.2 Å². The molecular formula is C13H28O3. The van der Waals surface area contributed by atoms with Gasteiger partial charge in [0.2, 0.25) is 0 Å². The Hall–Kier alpha value is -0.120. The zero-order chi connectivity index (χ0) is 12.2. The Bertz CT molecular complexity index is 137. The molecule has 16 heavy (non-hydrogen) atoms. The van der Waals surface area contributed by atoms with Crippen LogP contribution in [0.4, 0.5) is 0 Å². The molecule has 2 N–H and O–H groups in total. The van der Waals surface area contributed by atoms with E-state index >= 15 is 0 Å². The highest BCUT2D eigenvalue weighted by Gasteiger charge is 2.14. The number of rotatable bonds is 11. The van der Waals surface area contributed by atoms with Gasteiger partial charge in [0.15, 0.2) is 0 Å². The standard InChI is InChI=1S/C13H28O3/c1-3-4-5-6-7-8-11-16-13(9-10-14)12(2)15/h12-15H,3-11H2,1-2H3. The third-order valence-electron chi connectivity index (χ3n) is 2.78. The first-order chi connectivity index (χ1) is 7.72. The van der Waals surface area contributed by atoms with Crippen molar-refractivity contribution < 1.29 is 14.9 Å². The number of aliphatic hydroxyl groups is 2. The lowest BCUT2D eigenvalue weighted by Gasteiger charge is -2.19.